The van der Waals surface area contributed by atoms with Crippen LogP contribution in [0.15, 0.2) is 18.2 Å². The van der Waals surface area contributed by atoms with Gasteiger partial charge in [0.05, 0.1) is 0 Å². The molecule has 1 aromatic carbocycles. The van der Waals surface area contributed by atoms with Gasteiger partial charge in [-0.1, -0.05) is 6.92 Å². The molecule has 1 aliphatic rings. The Bertz CT molecular complexity index is 494. The summed E-state index contributed by atoms with van der Waals surface area (Å²) in [7, 11) is 0. The largest absolute Gasteiger partial charge is 0.508 e. The summed E-state index contributed by atoms with van der Waals surface area (Å²) in [6.07, 6.45) is 1.18. The molecule has 2 rings (SSSR count). The fourth-order valence-corrected chi connectivity index (χ4v) is 2.79. The lowest BCUT2D eigenvalue weighted by Gasteiger charge is -2.37. The van der Waals surface area contributed by atoms with E-state index in [1.807, 2.05) is 6.07 Å². The van der Waals surface area contributed by atoms with Crippen molar-refractivity contribution < 1.29 is 9.90 Å². The zero-order valence-electron chi connectivity index (χ0n) is 13.3. The lowest BCUT2D eigenvalue weighted by molar-refractivity contribution is 0.0957. The highest BCUT2D eigenvalue weighted by molar-refractivity contribution is 5.94. The minimum atomic E-state index is 0.0397. The molecule has 1 aliphatic heterocycles. The third-order valence-electron chi connectivity index (χ3n) is 4.50. The summed E-state index contributed by atoms with van der Waals surface area (Å²) in [6, 6.07) is 5.77. The third kappa shape index (κ3) is 4.05. The number of phenols is 1. The number of benzene rings is 1. The number of hydrogen-bond acceptors (Lipinski definition) is 4. The van der Waals surface area contributed by atoms with E-state index in [1.165, 1.54) is 6.42 Å². The van der Waals surface area contributed by atoms with Crippen molar-refractivity contribution in [3.8, 4) is 5.75 Å². The lowest BCUT2D eigenvalue weighted by atomic mass is 10.1. The number of rotatable bonds is 5. The Labute approximate surface area is 127 Å². The van der Waals surface area contributed by atoms with Gasteiger partial charge < -0.3 is 5.11 Å². The summed E-state index contributed by atoms with van der Waals surface area (Å²) in [5.41, 5.74) is 1.51. The molecule has 1 heterocycles. The molecule has 21 heavy (non-hydrogen) atoms. The molecule has 1 saturated heterocycles. The van der Waals surface area contributed by atoms with Crippen molar-refractivity contribution in [1.29, 1.82) is 0 Å². The SMILES string of the molecule is CCC(C)N1CCN(Cc2cc(C(C)=O)ccc2O)CC1. The highest BCUT2D eigenvalue weighted by atomic mass is 16.3. The van der Waals surface area contributed by atoms with Crippen LogP contribution in [0.1, 0.15) is 43.1 Å². The second kappa shape index (κ2) is 7.05. The Kier molecular flexibility index (Phi) is 5.37. The molecule has 1 fully saturated rings. The molecule has 1 unspecified atom stereocenters. The van der Waals surface area contributed by atoms with Crippen LogP contribution in [0.4, 0.5) is 0 Å². The number of aromatic hydroxyl groups is 1. The van der Waals surface area contributed by atoms with Gasteiger partial charge in [-0.25, -0.2) is 0 Å². The number of ketones is 1. The van der Waals surface area contributed by atoms with Crippen molar-refractivity contribution in [2.75, 3.05) is 26.2 Å². The van der Waals surface area contributed by atoms with E-state index in [-0.39, 0.29) is 11.5 Å². The van der Waals surface area contributed by atoms with Gasteiger partial charge in [0.25, 0.3) is 0 Å². The number of nitrogens with zero attached hydrogens (tertiary/aromatic N) is 2. The van der Waals surface area contributed by atoms with Crippen molar-refractivity contribution in [1.82, 2.24) is 9.80 Å². The normalized spacial score (nSPS) is 18.6. The zero-order chi connectivity index (χ0) is 15.4. The van der Waals surface area contributed by atoms with Crippen LogP contribution in [-0.4, -0.2) is 52.9 Å². The Morgan fingerprint density at radius 3 is 2.52 bits per heavy atom. The molecular formula is C17H26N2O2. The molecule has 0 saturated carbocycles. The molecule has 1 N–H and O–H groups in total. The van der Waals surface area contributed by atoms with E-state index < -0.39 is 0 Å². The topological polar surface area (TPSA) is 43.8 Å². The number of carbonyl (C=O) groups excluding carboxylic acids is 1. The van der Waals surface area contributed by atoms with Gasteiger partial charge in [0, 0.05) is 49.9 Å². The number of hydrogen-bond donors (Lipinski definition) is 1. The van der Waals surface area contributed by atoms with Gasteiger partial charge in [0.1, 0.15) is 5.75 Å². The van der Waals surface area contributed by atoms with E-state index in [0.717, 1.165) is 31.7 Å². The molecule has 0 amide bonds. The second-order valence-corrected chi connectivity index (χ2v) is 5.97. The number of carbonyl (C=O) groups is 1. The lowest BCUT2D eigenvalue weighted by Crippen LogP contribution is -2.49. The van der Waals surface area contributed by atoms with Gasteiger partial charge in [-0.05, 0) is 38.5 Å². The molecule has 4 heteroatoms. The Morgan fingerprint density at radius 2 is 1.95 bits per heavy atom. The molecule has 116 valence electrons. The minimum absolute atomic E-state index is 0.0397. The summed E-state index contributed by atoms with van der Waals surface area (Å²) in [4.78, 5) is 16.3. The first-order chi connectivity index (χ1) is 10.0. The molecule has 0 aromatic heterocycles. The van der Waals surface area contributed by atoms with E-state index in [9.17, 15) is 9.90 Å². The maximum absolute atomic E-state index is 11.5. The Hall–Kier alpha value is -1.39. The Balaban J connectivity index is 1.97. The third-order valence-corrected chi connectivity index (χ3v) is 4.50. The van der Waals surface area contributed by atoms with Crippen LogP contribution in [0, 0.1) is 0 Å². The molecule has 0 aliphatic carbocycles. The smallest absolute Gasteiger partial charge is 0.159 e. The molecule has 0 bridgehead atoms. The summed E-state index contributed by atoms with van der Waals surface area (Å²) in [6.45, 7) is 10.9. The van der Waals surface area contributed by atoms with Crippen LogP contribution in [-0.2, 0) is 6.54 Å². The molecule has 1 aromatic rings. The van der Waals surface area contributed by atoms with E-state index in [1.54, 1.807) is 19.1 Å². The monoisotopic (exact) mass is 290 g/mol. The molecule has 1 atom stereocenters. The second-order valence-electron chi connectivity index (χ2n) is 5.97. The van der Waals surface area contributed by atoms with Gasteiger partial charge in [-0.15, -0.1) is 0 Å². The summed E-state index contributed by atoms with van der Waals surface area (Å²) < 4.78 is 0. The molecule has 0 radical (unpaired) electrons. The van der Waals surface area contributed by atoms with Gasteiger partial charge in [0.2, 0.25) is 0 Å². The standard InChI is InChI=1S/C17H26N2O2/c1-4-13(2)19-9-7-18(8-10-19)12-16-11-15(14(3)20)5-6-17(16)21/h5-6,11,13,21H,4,7-10,12H2,1-3H3. The minimum Gasteiger partial charge on any atom is -0.508 e. The van der Waals surface area contributed by atoms with E-state index >= 15 is 0 Å². The average Bonchev–Trinajstić information content (AvgIpc) is 2.49. The van der Waals surface area contributed by atoms with Crippen LogP contribution in [0.5, 0.6) is 5.75 Å². The fraction of sp³-hybridized carbons (Fsp3) is 0.588. The molecule has 0 spiro atoms. The van der Waals surface area contributed by atoms with Gasteiger partial charge in [-0.2, -0.15) is 0 Å². The first-order valence-corrected chi connectivity index (χ1v) is 7.80. The first-order valence-electron chi connectivity index (χ1n) is 7.80. The van der Waals surface area contributed by atoms with Crippen LogP contribution in [0.3, 0.4) is 0 Å². The maximum Gasteiger partial charge on any atom is 0.159 e. The van der Waals surface area contributed by atoms with Crippen molar-refractivity contribution in [2.24, 2.45) is 0 Å². The van der Waals surface area contributed by atoms with Gasteiger partial charge >= 0.3 is 0 Å². The van der Waals surface area contributed by atoms with Crippen molar-refractivity contribution in [3.05, 3.63) is 29.3 Å². The van der Waals surface area contributed by atoms with Gasteiger partial charge in [0.15, 0.2) is 5.78 Å². The number of Topliss-reactive ketones (excluding diaryl/α,β-unsaturated/α-hetero) is 1. The predicted octanol–water partition coefficient (Wildman–Crippen LogP) is 2.51. The quantitative estimate of drug-likeness (QED) is 0.846. The van der Waals surface area contributed by atoms with Crippen molar-refractivity contribution in [3.63, 3.8) is 0 Å². The highest BCUT2D eigenvalue weighted by Crippen LogP contribution is 2.21. The average molecular weight is 290 g/mol. The molecule has 4 nitrogen and oxygen atoms in total. The summed E-state index contributed by atoms with van der Waals surface area (Å²) >= 11 is 0. The van der Waals surface area contributed by atoms with E-state index in [4.69, 9.17) is 0 Å². The van der Waals surface area contributed by atoms with E-state index in [0.29, 0.717) is 18.2 Å². The van der Waals surface area contributed by atoms with Crippen molar-refractivity contribution >= 4 is 5.78 Å². The van der Waals surface area contributed by atoms with Crippen molar-refractivity contribution in [2.45, 2.75) is 39.8 Å². The fourth-order valence-electron chi connectivity index (χ4n) is 2.79. The number of phenolic OH excluding ortho intramolecular Hbond substituents is 1. The van der Waals surface area contributed by atoms with Crippen LogP contribution in [0.25, 0.3) is 0 Å². The number of piperazine rings is 1. The summed E-state index contributed by atoms with van der Waals surface area (Å²) in [5.74, 6) is 0.321. The summed E-state index contributed by atoms with van der Waals surface area (Å²) in [5, 5.41) is 9.98. The Morgan fingerprint density at radius 1 is 1.29 bits per heavy atom. The highest BCUT2D eigenvalue weighted by Gasteiger charge is 2.20. The van der Waals surface area contributed by atoms with Crippen LogP contribution >= 0.6 is 0 Å². The van der Waals surface area contributed by atoms with Gasteiger partial charge in [-0.3, -0.25) is 14.6 Å². The van der Waals surface area contributed by atoms with E-state index in [2.05, 4.69) is 23.6 Å². The van der Waals surface area contributed by atoms with Crippen LogP contribution in [0.2, 0.25) is 0 Å². The van der Waals surface area contributed by atoms with Crippen LogP contribution < -0.4 is 0 Å². The first kappa shape index (κ1) is 16.0. The zero-order valence-corrected chi connectivity index (χ0v) is 13.3. The molecular weight excluding hydrogens is 264 g/mol. The predicted molar refractivity (Wildman–Crippen MR) is 84.7 cm³/mol. The maximum atomic E-state index is 11.5.